The van der Waals surface area contributed by atoms with Crippen molar-refractivity contribution in [3.63, 3.8) is 0 Å². The molecule has 1 aromatic heterocycles. The normalized spacial score (nSPS) is 11.0. The molecule has 114 valence electrons. The van der Waals surface area contributed by atoms with Gasteiger partial charge in [0.25, 0.3) is 0 Å². The fraction of sp³-hybridized carbons (Fsp3) is 0.0556. The Balaban J connectivity index is 1.57. The van der Waals surface area contributed by atoms with E-state index in [1.54, 1.807) is 12.4 Å². The van der Waals surface area contributed by atoms with Crippen LogP contribution >= 0.6 is 11.8 Å². The van der Waals surface area contributed by atoms with Crippen molar-refractivity contribution in [3.05, 3.63) is 72.4 Å². The molecule has 0 bridgehead atoms. The van der Waals surface area contributed by atoms with Crippen LogP contribution in [-0.2, 0) is 4.79 Å². The van der Waals surface area contributed by atoms with E-state index in [-0.39, 0.29) is 5.91 Å². The predicted octanol–water partition coefficient (Wildman–Crippen LogP) is 3.48. The summed E-state index contributed by atoms with van der Waals surface area (Å²) in [6.07, 6.45) is 3.39. The lowest BCUT2D eigenvalue weighted by molar-refractivity contribution is -0.118. The predicted molar refractivity (Wildman–Crippen MR) is 94.6 cm³/mol. The van der Waals surface area contributed by atoms with Gasteiger partial charge in [-0.25, -0.2) is 5.43 Å². The second-order valence-electron chi connectivity index (χ2n) is 4.82. The van der Waals surface area contributed by atoms with Gasteiger partial charge in [0.15, 0.2) is 0 Å². The van der Waals surface area contributed by atoms with Crippen LogP contribution in [0.5, 0.6) is 0 Å². The fourth-order valence-electron chi connectivity index (χ4n) is 2.09. The van der Waals surface area contributed by atoms with Crippen LogP contribution in [0.2, 0.25) is 0 Å². The largest absolute Gasteiger partial charge is 0.272 e. The molecule has 0 spiro atoms. The minimum atomic E-state index is -0.143. The van der Waals surface area contributed by atoms with Gasteiger partial charge >= 0.3 is 0 Å². The smallest absolute Gasteiger partial charge is 0.250 e. The number of hydrazone groups is 1. The molecule has 0 fully saturated rings. The van der Waals surface area contributed by atoms with E-state index in [1.165, 1.54) is 11.8 Å². The van der Waals surface area contributed by atoms with Crippen molar-refractivity contribution in [1.82, 2.24) is 10.4 Å². The van der Waals surface area contributed by atoms with Gasteiger partial charge in [-0.3, -0.25) is 9.78 Å². The lowest BCUT2D eigenvalue weighted by Gasteiger charge is -2.04. The zero-order valence-corrected chi connectivity index (χ0v) is 13.2. The molecule has 1 amide bonds. The molecule has 3 aromatic rings. The van der Waals surface area contributed by atoms with Gasteiger partial charge < -0.3 is 0 Å². The van der Waals surface area contributed by atoms with Crippen LogP contribution in [0.25, 0.3) is 10.9 Å². The monoisotopic (exact) mass is 321 g/mol. The fourth-order valence-corrected chi connectivity index (χ4v) is 2.92. The molecule has 0 aliphatic heterocycles. The molecule has 1 N–H and O–H groups in total. The zero-order valence-electron chi connectivity index (χ0n) is 12.3. The average molecular weight is 321 g/mol. The van der Waals surface area contributed by atoms with E-state index in [0.717, 1.165) is 21.4 Å². The number of hydrogen-bond acceptors (Lipinski definition) is 4. The second-order valence-corrected chi connectivity index (χ2v) is 5.84. The molecular formula is C18H15N3OS. The van der Waals surface area contributed by atoms with E-state index in [1.807, 2.05) is 60.7 Å². The van der Waals surface area contributed by atoms with Crippen LogP contribution < -0.4 is 5.43 Å². The highest BCUT2D eigenvalue weighted by molar-refractivity contribution is 8.00. The summed E-state index contributed by atoms with van der Waals surface area (Å²) < 4.78 is 0. The first kappa shape index (κ1) is 15.2. The highest BCUT2D eigenvalue weighted by Crippen LogP contribution is 2.25. The van der Waals surface area contributed by atoms with Crippen LogP contribution in [0.15, 0.2) is 76.9 Å². The Bertz CT molecular complexity index is 829. The first-order valence-corrected chi connectivity index (χ1v) is 8.15. The Morgan fingerprint density at radius 1 is 1.09 bits per heavy atom. The summed E-state index contributed by atoms with van der Waals surface area (Å²) in [5, 5.41) is 5.03. The number of carbonyl (C=O) groups is 1. The van der Waals surface area contributed by atoms with E-state index < -0.39 is 0 Å². The molecule has 0 saturated heterocycles. The quantitative estimate of drug-likeness (QED) is 0.445. The van der Waals surface area contributed by atoms with Crippen molar-refractivity contribution in [3.8, 4) is 0 Å². The highest BCUT2D eigenvalue weighted by atomic mass is 32.2. The molecule has 0 atom stereocenters. The minimum absolute atomic E-state index is 0.143. The molecule has 0 unspecified atom stereocenters. The van der Waals surface area contributed by atoms with Crippen molar-refractivity contribution in [2.75, 3.05) is 5.75 Å². The van der Waals surface area contributed by atoms with Gasteiger partial charge in [-0.1, -0.05) is 48.5 Å². The number of aromatic nitrogens is 1. The number of amides is 1. The number of para-hydroxylation sites is 1. The number of nitrogens with one attached hydrogen (secondary N) is 1. The van der Waals surface area contributed by atoms with Crippen LogP contribution in [0.1, 0.15) is 5.56 Å². The molecule has 23 heavy (non-hydrogen) atoms. The van der Waals surface area contributed by atoms with Crippen molar-refractivity contribution < 1.29 is 4.79 Å². The molecular weight excluding hydrogens is 306 g/mol. The Labute approximate surface area is 138 Å². The van der Waals surface area contributed by atoms with Gasteiger partial charge in [0.2, 0.25) is 5.91 Å². The first-order valence-electron chi connectivity index (χ1n) is 7.16. The van der Waals surface area contributed by atoms with Crippen LogP contribution in [0.3, 0.4) is 0 Å². The summed E-state index contributed by atoms with van der Waals surface area (Å²) in [7, 11) is 0. The maximum absolute atomic E-state index is 11.9. The summed E-state index contributed by atoms with van der Waals surface area (Å²) in [4.78, 5) is 17.2. The number of thioether (sulfide) groups is 1. The molecule has 0 radical (unpaired) electrons. The van der Waals surface area contributed by atoms with E-state index in [0.29, 0.717) is 5.75 Å². The van der Waals surface area contributed by atoms with E-state index >= 15 is 0 Å². The topological polar surface area (TPSA) is 54.4 Å². The maximum Gasteiger partial charge on any atom is 0.250 e. The zero-order chi connectivity index (χ0) is 15.9. The van der Waals surface area contributed by atoms with Gasteiger partial charge in [-0.15, -0.1) is 11.8 Å². The lowest BCUT2D eigenvalue weighted by atomic mass is 10.2. The number of fused-ring (bicyclic) bond motifs is 1. The Kier molecular flexibility index (Phi) is 5.01. The molecule has 2 aromatic carbocycles. The molecule has 5 heteroatoms. The van der Waals surface area contributed by atoms with Crippen LogP contribution in [-0.4, -0.2) is 22.9 Å². The van der Waals surface area contributed by atoms with Crippen molar-refractivity contribution in [1.29, 1.82) is 0 Å². The molecule has 0 saturated carbocycles. The molecule has 0 aliphatic rings. The molecule has 4 nitrogen and oxygen atoms in total. The van der Waals surface area contributed by atoms with E-state index in [2.05, 4.69) is 15.5 Å². The van der Waals surface area contributed by atoms with Crippen LogP contribution in [0.4, 0.5) is 0 Å². The van der Waals surface area contributed by atoms with Crippen molar-refractivity contribution in [2.24, 2.45) is 5.10 Å². The molecule has 3 rings (SSSR count). The second kappa shape index (κ2) is 7.56. The Morgan fingerprint density at radius 3 is 2.78 bits per heavy atom. The van der Waals surface area contributed by atoms with E-state index in [4.69, 9.17) is 0 Å². The minimum Gasteiger partial charge on any atom is -0.272 e. The van der Waals surface area contributed by atoms with Gasteiger partial charge in [-0.05, 0) is 17.7 Å². The Morgan fingerprint density at radius 2 is 1.91 bits per heavy atom. The average Bonchev–Trinajstić information content (AvgIpc) is 2.61. The number of carbonyl (C=O) groups excluding carboxylic acids is 1. The van der Waals surface area contributed by atoms with E-state index in [9.17, 15) is 4.79 Å². The molecule has 1 heterocycles. The summed E-state index contributed by atoms with van der Waals surface area (Å²) in [5.41, 5.74) is 4.40. The third-order valence-corrected chi connectivity index (χ3v) is 4.20. The summed E-state index contributed by atoms with van der Waals surface area (Å²) >= 11 is 1.46. The summed E-state index contributed by atoms with van der Waals surface area (Å²) in [6.45, 7) is 0. The third-order valence-electron chi connectivity index (χ3n) is 3.16. The standard InChI is InChI=1S/C18H15N3OS/c22-17(21-20-12-14-6-2-1-3-7-14)13-23-16-10-4-8-15-9-5-11-19-18(15)16/h1-12H,13H2,(H,21,22). The third kappa shape index (κ3) is 4.17. The van der Waals surface area contributed by atoms with Gasteiger partial charge in [0.1, 0.15) is 0 Å². The SMILES string of the molecule is O=C(CSc1cccc2cccnc12)NN=Cc1ccccc1. The summed E-state index contributed by atoms with van der Waals surface area (Å²) in [5.74, 6) is 0.150. The van der Waals surface area contributed by atoms with Gasteiger partial charge in [0.05, 0.1) is 17.5 Å². The number of benzene rings is 2. The van der Waals surface area contributed by atoms with Gasteiger partial charge in [0, 0.05) is 16.5 Å². The first-order chi connectivity index (χ1) is 11.3. The number of rotatable bonds is 5. The number of nitrogens with zero attached hydrogens (tertiary/aromatic N) is 2. The summed E-state index contributed by atoms with van der Waals surface area (Å²) in [6, 6.07) is 19.5. The maximum atomic E-state index is 11.9. The van der Waals surface area contributed by atoms with Crippen LogP contribution in [0, 0.1) is 0 Å². The lowest BCUT2D eigenvalue weighted by Crippen LogP contribution is -2.19. The number of pyridine rings is 1. The highest BCUT2D eigenvalue weighted by Gasteiger charge is 2.05. The molecule has 0 aliphatic carbocycles. The van der Waals surface area contributed by atoms with Crippen molar-refractivity contribution >= 4 is 34.8 Å². The van der Waals surface area contributed by atoms with Crippen molar-refractivity contribution in [2.45, 2.75) is 4.90 Å². The Hall–Kier alpha value is -2.66. The number of hydrogen-bond donors (Lipinski definition) is 1. The van der Waals surface area contributed by atoms with Gasteiger partial charge in [-0.2, -0.15) is 5.10 Å².